The summed E-state index contributed by atoms with van der Waals surface area (Å²) in [6.07, 6.45) is 0.128. The summed E-state index contributed by atoms with van der Waals surface area (Å²) in [6.45, 7) is 0. The van der Waals surface area contributed by atoms with Crippen molar-refractivity contribution < 1.29 is 13.5 Å². The van der Waals surface area contributed by atoms with E-state index >= 15 is 0 Å². The van der Waals surface area contributed by atoms with Crippen molar-refractivity contribution in [2.45, 2.75) is 12.8 Å². The number of hydrogen-bond acceptors (Lipinski definition) is 2. The van der Waals surface area contributed by atoms with Crippen molar-refractivity contribution in [3.63, 3.8) is 0 Å². The first-order chi connectivity index (χ1) is 7.11. The van der Waals surface area contributed by atoms with Crippen LogP contribution in [0.25, 0.3) is 0 Å². The van der Waals surface area contributed by atoms with Crippen LogP contribution >= 0.6 is 15.9 Å². The molecule has 0 heterocycles. The Bertz CT molecular complexity index is 415. The van der Waals surface area contributed by atoms with Crippen LogP contribution in [0.2, 0.25) is 0 Å². The van der Waals surface area contributed by atoms with Gasteiger partial charge in [0.1, 0.15) is 17.4 Å². The third-order valence-electron chi connectivity index (χ3n) is 1.93. The zero-order valence-corrected chi connectivity index (χ0v) is 9.57. The molecule has 2 nitrogen and oxygen atoms in total. The fraction of sp³-hybridized carbons (Fsp3) is 0.300. The van der Waals surface area contributed by atoms with E-state index in [0.29, 0.717) is 0 Å². The Morgan fingerprint density at radius 2 is 2.20 bits per heavy atom. The second-order valence-corrected chi connectivity index (χ2v) is 3.62. The van der Waals surface area contributed by atoms with Gasteiger partial charge >= 0.3 is 0 Å². The summed E-state index contributed by atoms with van der Waals surface area (Å²) in [5.41, 5.74) is -0.0933. The Kier molecular flexibility index (Phi) is 4.04. The molecule has 1 rings (SSSR count). The van der Waals surface area contributed by atoms with Gasteiger partial charge in [0.2, 0.25) is 0 Å². The summed E-state index contributed by atoms with van der Waals surface area (Å²) >= 11 is 2.97. The molecule has 0 saturated carbocycles. The summed E-state index contributed by atoms with van der Waals surface area (Å²) < 4.78 is 31.8. The lowest BCUT2D eigenvalue weighted by molar-refractivity contribution is 0.401. The van der Waals surface area contributed by atoms with Crippen molar-refractivity contribution in [1.29, 1.82) is 5.26 Å². The van der Waals surface area contributed by atoms with E-state index in [0.717, 1.165) is 6.07 Å². The molecule has 0 aliphatic carbocycles. The first-order valence-corrected chi connectivity index (χ1v) is 4.98. The quantitative estimate of drug-likeness (QED) is 0.794. The summed E-state index contributed by atoms with van der Waals surface area (Å²) in [5, 5.41) is 8.35. The van der Waals surface area contributed by atoms with Gasteiger partial charge in [0.25, 0.3) is 0 Å². The number of hydrogen-bond donors (Lipinski definition) is 0. The molecule has 0 aliphatic rings. The highest BCUT2D eigenvalue weighted by molar-refractivity contribution is 9.10. The molecule has 0 radical (unpaired) electrons. The lowest BCUT2D eigenvalue weighted by Crippen LogP contribution is -1.99. The zero-order chi connectivity index (χ0) is 11.4. The molecule has 0 spiro atoms. The highest BCUT2D eigenvalue weighted by atomic mass is 79.9. The molecule has 5 heteroatoms. The third-order valence-corrected chi connectivity index (χ3v) is 2.67. The van der Waals surface area contributed by atoms with Gasteiger partial charge in [-0.25, -0.2) is 8.78 Å². The lowest BCUT2D eigenvalue weighted by Gasteiger charge is -2.09. The normalized spacial score (nSPS) is 9.80. The fourth-order valence-electron chi connectivity index (χ4n) is 1.17. The minimum Gasteiger partial charge on any atom is -0.495 e. The SMILES string of the molecule is COc1cc(F)c(CCC#N)c(F)c1Br. The van der Waals surface area contributed by atoms with Crippen LogP contribution in [0.15, 0.2) is 10.5 Å². The van der Waals surface area contributed by atoms with E-state index in [1.807, 2.05) is 6.07 Å². The van der Waals surface area contributed by atoms with Gasteiger partial charge in [-0.2, -0.15) is 5.26 Å². The van der Waals surface area contributed by atoms with Crippen LogP contribution in [0.3, 0.4) is 0 Å². The molecule has 15 heavy (non-hydrogen) atoms. The minimum atomic E-state index is -0.706. The van der Waals surface area contributed by atoms with Gasteiger partial charge in [-0.3, -0.25) is 0 Å². The molecular formula is C10H8BrF2NO. The zero-order valence-electron chi connectivity index (χ0n) is 7.98. The van der Waals surface area contributed by atoms with Crippen LogP contribution in [-0.2, 0) is 6.42 Å². The van der Waals surface area contributed by atoms with Crippen LogP contribution in [0.5, 0.6) is 5.75 Å². The molecule has 0 N–H and O–H groups in total. The fourth-order valence-corrected chi connectivity index (χ4v) is 1.69. The van der Waals surface area contributed by atoms with E-state index in [9.17, 15) is 8.78 Å². The van der Waals surface area contributed by atoms with Crippen LogP contribution in [-0.4, -0.2) is 7.11 Å². The van der Waals surface area contributed by atoms with Crippen molar-refractivity contribution >= 4 is 15.9 Å². The number of ether oxygens (including phenoxy) is 1. The van der Waals surface area contributed by atoms with Gasteiger partial charge in [0.05, 0.1) is 17.7 Å². The molecule has 1 aromatic rings. The molecule has 0 saturated heterocycles. The van der Waals surface area contributed by atoms with E-state index in [4.69, 9.17) is 10.00 Å². The van der Waals surface area contributed by atoms with Gasteiger partial charge in [-0.15, -0.1) is 0 Å². The number of rotatable bonds is 3. The predicted octanol–water partition coefficient (Wildman–Crippen LogP) is 3.19. The Morgan fingerprint density at radius 1 is 1.53 bits per heavy atom. The van der Waals surface area contributed by atoms with Crippen molar-refractivity contribution in [3.05, 3.63) is 27.7 Å². The van der Waals surface area contributed by atoms with Crippen LogP contribution < -0.4 is 4.74 Å². The molecule has 0 aromatic heterocycles. The Morgan fingerprint density at radius 3 is 2.73 bits per heavy atom. The average Bonchev–Trinajstić information content (AvgIpc) is 2.23. The maximum atomic E-state index is 13.6. The van der Waals surface area contributed by atoms with Gasteiger partial charge < -0.3 is 4.74 Å². The molecule has 0 unspecified atom stereocenters. The molecule has 1 aromatic carbocycles. The van der Waals surface area contributed by atoms with E-state index in [1.54, 1.807) is 0 Å². The summed E-state index contributed by atoms with van der Waals surface area (Å²) in [4.78, 5) is 0. The molecular weight excluding hydrogens is 268 g/mol. The topological polar surface area (TPSA) is 33.0 Å². The Balaban J connectivity index is 3.18. The number of methoxy groups -OCH3 is 1. The Labute approximate surface area is 94.6 Å². The largest absolute Gasteiger partial charge is 0.495 e. The highest BCUT2D eigenvalue weighted by Gasteiger charge is 2.16. The molecule has 0 atom stereocenters. The van der Waals surface area contributed by atoms with Crippen LogP contribution in [0, 0.1) is 23.0 Å². The highest BCUT2D eigenvalue weighted by Crippen LogP contribution is 2.32. The number of halogens is 3. The number of nitrogens with zero attached hydrogens (tertiary/aromatic N) is 1. The van der Waals surface area contributed by atoms with Crippen molar-refractivity contribution in [1.82, 2.24) is 0 Å². The summed E-state index contributed by atoms with van der Waals surface area (Å²) in [5.74, 6) is -1.30. The minimum absolute atomic E-state index is 0.0523. The molecule has 80 valence electrons. The summed E-state index contributed by atoms with van der Waals surface area (Å²) in [7, 11) is 1.33. The van der Waals surface area contributed by atoms with Crippen molar-refractivity contribution in [3.8, 4) is 11.8 Å². The van der Waals surface area contributed by atoms with E-state index in [1.165, 1.54) is 7.11 Å². The average molecular weight is 276 g/mol. The van der Waals surface area contributed by atoms with Gasteiger partial charge in [-0.05, 0) is 22.4 Å². The lowest BCUT2D eigenvalue weighted by atomic mass is 10.1. The molecule has 0 bridgehead atoms. The van der Waals surface area contributed by atoms with Crippen LogP contribution in [0.1, 0.15) is 12.0 Å². The number of benzene rings is 1. The Hall–Kier alpha value is -1.15. The first kappa shape index (κ1) is 11.9. The van der Waals surface area contributed by atoms with Gasteiger partial charge in [0, 0.05) is 18.1 Å². The number of nitriles is 1. The monoisotopic (exact) mass is 275 g/mol. The third kappa shape index (κ3) is 2.45. The van der Waals surface area contributed by atoms with Gasteiger partial charge in [0.15, 0.2) is 0 Å². The second-order valence-electron chi connectivity index (χ2n) is 2.83. The van der Waals surface area contributed by atoms with Crippen LogP contribution in [0.4, 0.5) is 8.78 Å². The maximum absolute atomic E-state index is 13.6. The predicted molar refractivity (Wildman–Crippen MR) is 54.5 cm³/mol. The first-order valence-electron chi connectivity index (χ1n) is 4.19. The van der Waals surface area contributed by atoms with Gasteiger partial charge in [-0.1, -0.05) is 0 Å². The second kappa shape index (κ2) is 5.08. The smallest absolute Gasteiger partial charge is 0.147 e. The molecule has 0 aliphatic heterocycles. The van der Waals surface area contributed by atoms with E-state index in [2.05, 4.69) is 15.9 Å². The summed E-state index contributed by atoms with van der Waals surface area (Å²) in [6, 6.07) is 2.94. The van der Waals surface area contributed by atoms with Crippen molar-refractivity contribution in [2.75, 3.05) is 7.11 Å². The van der Waals surface area contributed by atoms with E-state index in [-0.39, 0.29) is 28.6 Å². The molecule has 0 fully saturated rings. The standard InChI is InChI=1S/C10H8BrF2NO/c1-15-8-5-7(12)6(3-2-4-14)10(13)9(8)11/h5H,2-3H2,1H3. The maximum Gasteiger partial charge on any atom is 0.147 e. The van der Waals surface area contributed by atoms with E-state index < -0.39 is 11.6 Å². The van der Waals surface area contributed by atoms with Crippen molar-refractivity contribution in [2.24, 2.45) is 0 Å². The molecule has 0 amide bonds.